The van der Waals surface area contributed by atoms with Crippen LogP contribution in [-0.4, -0.2) is 37.7 Å². The van der Waals surface area contributed by atoms with Crippen LogP contribution in [0.15, 0.2) is 64.8 Å². The number of nitrogens with zero attached hydrogens (tertiary/aromatic N) is 2. The van der Waals surface area contributed by atoms with E-state index in [0.29, 0.717) is 29.1 Å². The molecule has 0 radical (unpaired) electrons. The molecular weight excluding hydrogens is 448 g/mol. The Labute approximate surface area is 206 Å². The molecule has 1 aliphatic heterocycles. The number of hydrogen-bond acceptors (Lipinski definition) is 5. The molecule has 4 rings (SSSR count). The minimum atomic E-state index is -0.476. The summed E-state index contributed by atoms with van der Waals surface area (Å²) >= 11 is 6.46. The molecule has 1 unspecified atom stereocenters. The van der Waals surface area contributed by atoms with Crippen LogP contribution >= 0.6 is 11.6 Å². The fourth-order valence-electron chi connectivity index (χ4n) is 5.42. The van der Waals surface area contributed by atoms with Crippen LogP contribution in [0.3, 0.4) is 0 Å². The van der Waals surface area contributed by atoms with Gasteiger partial charge in [0, 0.05) is 47.5 Å². The third-order valence-corrected chi connectivity index (χ3v) is 7.43. The van der Waals surface area contributed by atoms with E-state index < -0.39 is 17.8 Å². The molecule has 1 saturated carbocycles. The number of allylic oxidation sites excluding steroid dienone is 1. The van der Waals surface area contributed by atoms with Gasteiger partial charge < -0.3 is 9.64 Å². The van der Waals surface area contributed by atoms with Gasteiger partial charge in [0.25, 0.3) is 0 Å². The number of aliphatic imine (C=N–C) groups is 1. The third kappa shape index (κ3) is 4.41. The molecule has 2 aromatic rings. The summed E-state index contributed by atoms with van der Waals surface area (Å²) in [5, 5.41) is 0.668. The second kappa shape index (κ2) is 10.1. The largest absolute Gasteiger partial charge is 0.466 e. The lowest BCUT2D eigenvalue weighted by atomic mass is 9.66. The average Bonchev–Trinajstić information content (AvgIpc) is 2.84. The summed E-state index contributed by atoms with van der Waals surface area (Å²) in [6.45, 7) is 7.90. The van der Waals surface area contributed by atoms with E-state index in [2.05, 4.69) is 30.9 Å². The van der Waals surface area contributed by atoms with Crippen LogP contribution in [0.5, 0.6) is 0 Å². The first-order valence-corrected chi connectivity index (χ1v) is 12.3. The fraction of sp³-hybridized carbons (Fsp3) is 0.393. The molecule has 0 N–H and O–H groups in total. The maximum Gasteiger partial charge on any atom is 0.336 e. The Kier molecular flexibility index (Phi) is 7.22. The van der Waals surface area contributed by atoms with E-state index in [1.165, 1.54) is 7.11 Å². The predicted octanol–water partition coefficient (Wildman–Crippen LogP) is 5.93. The third-order valence-electron chi connectivity index (χ3n) is 7.09. The minimum absolute atomic E-state index is 0.0191. The maximum absolute atomic E-state index is 13.6. The summed E-state index contributed by atoms with van der Waals surface area (Å²) in [7, 11) is 1.37. The van der Waals surface area contributed by atoms with Crippen LogP contribution in [-0.2, 0) is 14.3 Å². The molecule has 1 fully saturated rings. The van der Waals surface area contributed by atoms with Crippen molar-refractivity contribution in [2.75, 3.05) is 25.1 Å². The van der Waals surface area contributed by atoms with Crippen molar-refractivity contribution >= 4 is 34.8 Å². The van der Waals surface area contributed by atoms with Gasteiger partial charge >= 0.3 is 5.97 Å². The minimum Gasteiger partial charge on any atom is -0.466 e. The molecule has 2 aromatic carbocycles. The summed E-state index contributed by atoms with van der Waals surface area (Å²) in [6, 6.07) is 15.9. The van der Waals surface area contributed by atoms with Gasteiger partial charge in [0.15, 0.2) is 0 Å². The zero-order valence-electron chi connectivity index (χ0n) is 20.2. The van der Waals surface area contributed by atoms with Gasteiger partial charge in [-0.2, -0.15) is 0 Å². The van der Waals surface area contributed by atoms with Crippen molar-refractivity contribution in [2.45, 2.75) is 45.4 Å². The molecule has 0 bridgehead atoms. The smallest absolute Gasteiger partial charge is 0.336 e. The number of anilines is 1. The second-order valence-electron chi connectivity index (χ2n) is 8.91. The molecule has 5 nitrogen and oxygen atoms in total. The Morgan fingerprint density at radius 1 is 1.06 bits per heavy atom. The quantitative estimate of drug-likeness (QED) is 0.482. The number of methoxy groups -OCH3 is 1. The molecule has 34 heavy (non-hydrogen) atoms. The topological polar surface area (TPSA) is 59.0 Å². The van der Waals surface area contributed by atoms with Crippen LogP contribution in [0.25, 0.3) is 0 Å². The lowest BCUT2D eigenvalue weighted by Crippen LogP contribution is -2.41. The predicted molar refractivity (Wildman–Crippen MR) is 137 cm³/mol. The van der Waals surface area contributed by atoms with Gasteiger partial charge in [-0.1, -0.05) is 41.9 Å². The number of ketones is 1. The van der Waals surface area contributed by atoms with E-state index >= 15 is 0 Å². The van der Waals surface area contributed by atoms with E-state index in [-0.39, 0.29) is 11.7 Å². The first kappa shape index (κ1) is 24.2. The Morgan fingerprint density at radius 2 is 1.74 bits per heavy atom. The SMILES string of the molecule is CCN(CC)c1ccc([C@H]2C(C(=O)OC)=C(C)N=C3C[C@@H](c4ccccc4Cl)CC(=O)C32)cc1. The van der Waals surface area contributed by atoms with Crippen molar-refractivity contribution < 1.29 is 14.3 Å². The summed E-state index contributed by atoms with van der Waals surface area (Å²) < 4.78 is 5.13. The molecule has 0 spiro atoms. The van der Waals surface area contributed by atoms with Gasteiger partial charge in [0.2, 0.25) is 0 Å². The Morgan fingerprint density at radius 3 is 2.35 bits per heavy atom. The Bertz CT molecular complexity index is 1150. The molecular formula is C28H31ClN2O3. The monoisotopic (exact) mass is 478 g/mol. The number of halogens is 1. The zero-order chi connectivity index (χ0) is 24.4. The van der Waals surface area contributed by atoms with Crippen molar-refractivity contribution in [1.82, 2.24) is 0 Å². The molecule has 1 heterocycles. The highest BCUT2D eigenvalue weighted by atomic mass is 35.5. The Balaban J connectivity index is 1.76. The van der Waals surface area contributed by atoms with E-state index in [9.17, 15) is 9.59 Å². The Hall–Kier alpha value is -2.92. The summed E-state index contributed by atoms with van der Waals surface area (Å²) in [5.74, 6) is -1.25. The standard InChI is InChI=1S/C28H31ClN2O3/c1-5-31(6-2)20-13-11-18(12-14-20)26-25(28(33)34-4)17(3)30-23-15-19(16-24(32)27(23)26)21-9-7-8-10-22(21)29/h7-14,19,26-27H,5-6,15-16H2,1-4H3/t19-,26+,27?/m1/s1. The molecule has 3 atom stereocenters. The van der Waals surface area contributed by atoms with Crippen molar-refractivity contribution in [1.29, 1.82) is 0 Å². The number of hydrogen-bond donors (Lipinski definition) is 0. The zero-order valence-corrected chi connectivity index (χ0v) is 20.9. The number of carbonyl (C=O) groups is 2. The highest BCUT2D eigenvalue weighted by molar-refractivity contribution is 6.31. The first-order valence-electron chi connectivity index (χ1n) is 11.9. The highest BCUT2D eigenvalue weighted by Gasteiger charge is 2.46. The summed E-state index contributed by atoms with van der Waals surface area (Å²) in [5.41, 5.74) is 4.92. The molecule has 6 heteroatoms. The van der Waals surface area contributed by atoms with Crippen molar-refractivity contribution in [3.63, 3.8) is 0 Å². The lowest BCUT2D eigenvalue weighted by molar-refractivity contribution is -0.136. The first-order chi connectivity index (χ1) is 16.4. The average molecular weight is 479 g/mol. The van der Waals surface area contributed by atoms with Gasteiger partial charge in [-0.05, 0) is 62.4 Å². The number of carbonyl (C=O) groups excluding carboxylic acids is 2. The van der Waals surface area contributed by atoms with E-state index in [1.807, 2.05) is 43.3 Å². The van der Waals surface area contributed by atoms with Crippen molar-refractivity contribution in [3.05, 3.63) is 76.0 Å². The molecule has 178 valence electrons. The van der Waals surface area contributed by atoms with E-state index in [1.54, 1.807) is 0 Å². The van der Waals surface area contributed by atoms with Gasteiger partial charge in [-0.3, -0.25) is 9.79 Å². The normalized spacial score (nSPS) is 22.2. The van der Waals surface area contributed by atoms with Crippen LogP contribution < -0.4 is 4.90 Å². The van der Waals surface area contributed by atoms with Gasteiger partial charge in [0.1, 0.15) is 5.78 Å². The van der Waals surface area contributed by atoms with Crippen LogP contribution in [0.4, 0.5) is 5.69 Å². The molecule has 0 amide bonds. The number of fused-ring (bicyclic) bond motifs is 1. The highest BCUT2D eigenvalue weighted by Crippen LogP contribution is 2.46. The van der Waals surface area contributed by atoms with Crippen molar-refractivity contribution in [2.24, 2.45) is 10.9 Å². The van der Waals surface area contributed by atoms with Gasteiger partial charge in [0.05, 0.1) is 18.6 Å². The fourth-order valence-corrected chi connectivity index (χ4v) is 5.71. The summed E-state index contributed by atoms with van der Waals surface area (Å²) in [6.07, 6.45) is 1.01. The van der Waals surface area contributed by atoms with Gasteiger partial charge in [-0.25, -0.2) is 4.79 Å². The number of rotatable bonds is 6. The van der Waals surface area contributed by atoms with Crippen LogP contribution in [0, 0.1) is 5.92 Å². The lowest BCUT2D eigenvalue weighted by Gasteiger charge is -2.38. The van der Waals surface area contributed by atoms with Gasteiger partial charge in [-0.15, -0.1) is 0 Å². The van der Waals surface area contributed by atoms with Crippen LogP contribution in [0.1, 0.15) is 56.6 Å². The molecule has 0 saturated heterocycles. The molecule has 1 aliphatic carbocycles. The molecule has 0 aromatic heterocycles. The number of benzene rings is 2. The molecule has 2 aliphatic rings. The number of ether oxygens (including phenoxy) is 1. The van der Waals surface area contributed by atoms with E-state index in [0.717, 1.165) is 35.6 Å². The number of Topliss-reactive ketones (excluding diaryl/α,β-unsaturated/α-hetero) is 1. The van der Waals surface area contributed by atoms with E-state index in [4.69, 9.17) is 21.3 Å². The van der Waals surface area contributed by atoms with Crippen LogP contribution in [0.2, 0.25) is 5.02 Å². The number of esters is 1. The van der Waals surface area contributed by atoms with Crippen molar-refractivity contribution in [3.8, 4) is 0 Å². The second-order valence-corrected chi connectivity index (χ2v) is 9.31. The summed E-state index contributed by atoms with van der Waals surface area (Å²) in [4.78, 5) is 33.5. The maximum atomic E-state index is 13.6.